The molecule has 1 aliphatic rings. The van der Waals surface area contributed by atoms with Crippen molar-refractivity contribution in [2.45, 2.75) is 30.7 Å². The highest BCUT2D eigenvalue weighted by Gasteiger charge is 2.25. The molecule has 3 heterocycles. The Bertz CT molecular complexity index is 1560. The van der Waals surface area contributed by atoms with E-state index in [2.05, 4.69) is 35.1 Å². The number of benzene rings is 2. The van der Waals surface area contributed by atoms with Crippen LogP contribution in [0.4, 0.5) is 31.9 Å². The van der Waals surface area contributed by atoms with Crippen molar-refractivity contribution in [3.8, 4) is 0 Å². The number of halogens is 2. The Balaban J connectivity index is 1.15. The van der Waals surface area contributed by atoms with E-state index in [0.717, 1.165) is 56.7 Å². The van der Waals surface area contributed by atoms with E-state index >= 15 is 0 Å². The lowest BCUT2D eigenvalue weighted by atomic mass is 9.95. The number of likely N-dealkylation sites (tertiary alicyclic amines) is 1. The van der Waals surface area contributed by atoms with Gasteiger partial charge >= 0.3 is 0 Å². The van der Waals surface area contributed by atoms with Gasteiger partial charge in [0.15, 0.2) is 11.6 Å². The molecule has 41 heavy (non-hydrogen) atoms. The van der Waals surface area contributed by atoms with Crippen LogP contribution in [0.3, 0.4) is 0 Å². The summed E-state index contributed by atoms with van der Waals surface area (Å²) in [5.74, 6) is -0.862. The molecule has 10 nitrogen and oxygen atoms in total. The Kier molecular flexibility index (Phi) is 9.12. The number of nitrogens with zero attached hydrogens (tertiary/aromatic N) is 6. The molecule has 0 unspecified atom stereocenters. The highest BCUT2D eigenvalue weighted by molar-refractivity contribution is 7.89. The van der Waals surface area contributed by atoms with Crippen LogP contribution in [0.1, 0.15) is 25.0 Å². The Labute approximate surface area is 241 Å². The van der Waals surface area contributed by atoms with Crippen LogP contribution in [0.2, 0.25) is 0 Å². The zero-order valence-corrected chi connectivity index (χ0v) is 24.0. The zero-order chi connectivity index (χ0) is 28.8. The maximum Gasteiger partial charge on any atom is 0.242 e. The molecule has 0 saturated carbocycles. The van der Waals surface area contributed by atoms with E-state index in [1.807, 2.05) is 5.38 Å². The van der Waals surface area contributed by atoms with E-state index in [1.165, 1.54) is 28.1 Å². The van der Waals surface area contributed by atoms with Gasteiger partial charge in [-0.25, -0.2) is 26.5 Å². The van der Waals surface area contributed by atoms with Crippen LogP contribution in [-0.4, -0.2) is 63.9 Å². The summed E-state index contributed by atoms with van der Waals surface area (Å²) in [5.41, 5.74) is 1.90. The molecule has 216 valence electrons. The molecule has 5 rings (SSSR count). The fourth-order valence-electron chi connectivity index (χ4n) is 4.73. The molecule has 2 N–H and O–H groups in total. The van der Waals surface area contributed by atoms with Crippen molar-refractivity contribution in [3.05, 3.63) is 77.4 Å². The third kappa shape index (κ3) is 7.58. The largest absolute Gasteiger partial charge is 0.340 e. The normalized spacial score (nSPS) is 16.1. The van der Waals surface area contributed by atoms with E-state index in [0.29, 0.717) is 29.7 Å². The fraction of sp³-hybridized carbons (Fsp3) is 0.333. The Morgan fingerprint density at radius 1 is 1.07 bits per heavy atom. The smallest absolute Gasteiger partial charge is 0.242 e. The average molecular weight is 601 g/mol. The highest BCUT2D eigenvalue weighted by Crippen LogP contribution is 2.24. The minimum atomic E-state index is -3.66. The van der Waals surface area contributed by atoms with Gasteiger partial charge in [-0.1, -0.05) is 4.49 Å². The van der Waals surface area contributed by atoms with E-state index < -0.39 is 21.7 Å². The molecule has 1 atom stereocenters. The van der Waals surface area contributed by atoms with Crippen molar-refractivity contribution in [3.63, 3.8) is 0 Å². The molecule has 0 spiro atoms. The quantitative estimate of drug-likeness (QED) is 0.245. The van der Waals surface area contributed by atoms with Crippen LogP contribution in [0.5, 0.6) is 0 Å². The summed E-state index contributed by atoms with van der Waals surface area (Å²) in [7, 11) is -2.04. The zero-order valence-electron chi connectivity index (χ0n) is 22.4. The van der Waals surface area contributed by atoms with Gasteiger partial charge in [0.2, 0.25) is 16.0 Å². The molecule has 14 heteroatoms. The topological polar surface area (TPSA) is 116 Å². The van der Waals surface area contributed by atoms with Crippen molar-refractivity contribution in [2.75, 3.05) is 37.3 Å². The van der Waals surface area contributed by atoms with Crippen LogP contribution in [0.25, 0.3) is 0 Å². The lowest BCUT2D eigenvalue weighted by molar-refractivity contribution is 0.156. The molecule has 0 amide bonds. The predicted molar refractivity (Wildman–Crippen MR) is 154 cm³/mol. The van der Waals surface area contributed by atoms with E-state index in [1.54, 1.807) is 37.4 Å². The molecule has 1 aliphatic heterocycles. The van der Waals surface area contributed by atoms with Crippen molar-refractivity contribution in [1.29, 1.82) is 0 Å². The van der Waals surface area contributed by atoms with Crippen molar-refractivity contribution in [1.82, 2.24) is 28.8 Å². The summed E-state index contributed by atoms with van der Waals surface area (Å²) in [6.45, 7) is 3.15. The summed E-state index contributed by atoms with van der Waals surface area (Å²) in [6, 6.07) is 11.4. The molecule has 0 radical (unpaired) electrons. The lowest BCUT2D eigenvalue weighted by Gasteiger charge is -2.32. The van der Waals surface area contributed by atoms with Gasteiger partial charge in [-0.05, 0) is 85.7 Å². The van der Waals surface area contributed by atoms with Gasteiger partial charge in [0.25, 0.3) is 0 Å². The molecule has 1 fully saturated rings. The monoisotopic (exact) mass is 600 g/mol. The van der Waals surface area contributed by atoms with Crippen LogP contribution < -0.4 is 10.6 Å². The summed E-state index contributed by atoms with van der Waals surface area (Å²) >= 11 is 1.35. The highest BCUT2D eigenvalue weighted by atomic mass is 32.2. The van der Waals surface area contributed by atoms with Crippen molar-refractivity contribution < 1.29 is 17.2 Å². The fourth-order valence-corrected chi connectivity index (χ4v) is 6.35. The average Bonchev–Trinajstić information content (AvgIpc) is 3.47. The number of anilines is 4. The number of sulfonamides is 1. The molecular formula is C27H30F2N8O2S2. The van der Waals surface area contributed by atoms with Crippen LogP contribution in [0.15, 0.2) is 65.0 Å². The van der Waals surface area contributed by atoms with Gasteiger partial charge in [0.1, 0.15) is 5.82 Å². The summed E-state index contributed by atoms with van der Waals surface area (Å²) in [6.07, 6.45) is 4.46. The molecule has 2 aromatic heterocycles. The van der Waals surface area contributed by atoms with Crippen LogP contribution in [-0.2, 0) is 16.6 Å². The molecule has 4 aromatic rings. The molecule has 1 saturated heterocycles. The number of nitrogens with one attached hydrogen (secondary N) is 2. The summed E-state index contributed by atoms with van der Waals surface area (Å²) in [5, 5.41) is 12.0. The number of hydrogen-bond donors (Lipinski definition) is 2. The second kappa shape index (κ2) is 12.9. The van der Waals surface area contributed by atoms with Crippen molar-refractivity contribution >= 4 is 44.7 Å². The first-order valence-electron chi connectivity index (χ1n) is 13.1. The van der Waals surface area contributed by atoms with Crippen molar-refractivity contribution in [2.24, 2.45) is 5.92 Å². The first-order chi connectivity index (χ1) is 19.8. The predicted octanol–water partition coefficient (Wildman–Crippen LogP) is 5.02. The Hall–Kier alpha value is -3.59. The summed E-state index contributed by atoms with van der Waals surface area (Å²) < 4.78 is 58.5. The summed E-state index contributed by atoms with van der Waals surface area (Å²) in [4.78, 5) is 11.1. The third-order valence-electron chi connectivity index (χ3n) is 6.91. The molecule has 2 aromatic carbocycles. The minimum absolute atomic E-state index is 0.196. The van der Waals surface area contributed by atoms with Gasteiger partial charge in [-0.15, -0.1) is 5.10 Å². The van der Waals surface area contributed by atoms with Gasteiger partial charge in [0, 0.05) is 55.7 Å². The van der Waals surface area contributed by atoms with E-state index in [-0.39, 0.29) is 10.8 Å². The van der Waals surface area contributed by atoms with Crippen LogP contribution >= 0.6 is 11.5 Å². The molecule has 0 bridgehead atoms. The van der Waals surface area contributed by atoms with E-state index in [4.69, 9.17) is 0 Å². The number of hydrogen-bond acceptors (Lipinski definition) is 10. The minimum Gasteiger partial charge on any atom is -0.340 e. The maximum absolute atomic E-state index is 13.5. The molecule has 0 aliphatic carbocycles. The Morgan fingerprint density at radius 3 is 2.63 bits per heavy atom. The number of rotatable bonds is 11. The van der Waals surface area contributed by atoms with E-state index in [9.17, 15) is 17.2 Å². The molecular weight excluding hydrogens is 570 g/mol. The first-order valence-corrected chi connectivity index (χ1v) is 15.4. The second-order valence-corrected chi connectivity index (χ2v) is 12.6. The Morgan fingerprint density at radius 2 is 1.88 bits per heavy atom. The van der Waals surface area contributed by atoms with Gasteiger partial charge in [0.05, 0.1) is 10.6 Å². The number of aromatic nitrogens is 4. The van der Waals surface area contributed by atoms with Gasteiger partial charge < -0.3 is 10.6 Å². The standard InChI is InChI=1S/C27H30F2N8O2S2/c1-36(14-11-19-3-2-13-37(16-19)17-22-18-40-35-34-22)41(38,39)23-7-4-20(5-8-23)32-27-30-12-10-26(33-27)31-21-6-9-24(28)25(29)15-21/h4-10,12,15,18-19H,2-3,11,13-14,16-17H2,1H3,(H2,30,31,32,33)/t19-/m0/s1. The van der Waals surface area contributed by atoms with Crippen LogP contribution in [0, 0.1) is 17.6 Å². The SMILES string of the molecule is CN(CC[C@@H]1CCCN(Cc2csnn2)C1)S(=O)(=O)c1ccc(Nc2nccc(Nc3ccc(F)c(F)c3)n2)cc1. The third-order valence-corrected chi connectivity index (χ3v) is 9.34. The number of piperidine rings is 1. The first kappa shape index (κ1) is 28.9. The maximum atomic E-state index is 13.5. The van der Waals surface area contributed by atoms with Gasteiger partial charge in [-0.3, -0.25) is 4.90 Å². The lowest BCUT2D eigenvalue weighted by Crippen LogP contribution is -2.37. The second-order valence-electron chi connectivity index (χ2n) is 9.92. The van der Waals surface area contributed by atoms with Gasteiger partial charge in [-0.2, -0.15) is 4.98 Å².